The van der Waals surface area contributed by atoms with Crippen LogP contribution in [0, 0.1) is 0 Å². The molecule has 0 amide bonds. The van der Waals surface area contributed by atoms with E-state index in [2.05, 4.69) is 240 Å². The molecule has 0 N–H and O–H groups in total. The molecule has 286 valence electrons. The molecule has 0 saturated heterocycles. The fourth-order valence-electron chi connectivity index (χ4n) is 9.29. The first-order valence-corrected chi connectivity index (χ1v) is 21.6. The number of rotatable bonds is 7. The molecule has 0 fully saturated rings. The summed E-state index contributed by atoms with van der Waals surface area (Å²) in [5, 5.41) is 7.58. The molecule has 2 heterocycles. The highest BCUT2D eigenvalue weighted by molar-refractivity contribution is 7.25. The fraction of sp³-hybridized carbons (Fsp3) is 0. The van der Waals surface area contributed by atoms with Gasteiger partial charge in [-0.25, -0.2) is 0 Å². The van der Waals surface area contributed by atoms with Gasteiger partial charge in [0, 0.05) is 53.4 Å². The zero-order valence-electron chi connectivity index (χ0n) is 33.2. The first-order chi connectivity index (χ1) is 30.2. The van der Waals surface area contributed by atoms with E-state index in [9.17, 15) is 0 Å². The second-order valence-electron chi connectivity index (χ2n) is 15.7. The summed E-state index contributed by atoms with van der Waals surface area (Å²) < 4.78 is 4.99. The highest BCUT2D eigenvalue weighted by atomic mass is 32.1. The third-order valence-electron chi connectivity index (χ3n) is 12.2. The van der Waals surface area contributed by atoms with E-state index in [-0.39, 0.29) is 0 Å². The van der Waals surface area contributed by atoms with E-state index in [1.807, 2.05) is 11.3 Å². The lowest BCUT2D eigenvalue weighted by Gasteiger charge is -2.29. The van der Waals surface area contributed by atoms with Crippen LogP contribution in [0.1, 0.15) is 0 Å². The van der Waals surface area contributed by atoms with E-state index >= 15 is 0 Å². The lowest BCUT2D eigenvalue weighted by Crippen LogP contribution is -2.11. The van der Waals surface area contributed by atoms with E-state index < -0.39 is 0 Å². The minimum atomic E-state index is 1.09. The van der Waals surface area contributed by atoms with E-state index in [0.717, 1.165) is 28.3 Å². The Morgan fingerprint density at radius 2 is 0.902 bits per heavy atom. The van der Waals surface area contributed by atoms with Crippen molar-refractivity contribution in [2.24, 2.45) is 0 Å². The fourth-order valence-corrected chi connectivity index (χ4v) is 10.4. The average Bonchev–Trinajstić information content (AvgIpc) is 3.87. The maximum Gasteiger partial charge on any atom is 0.0546 e. The highest BCUT2D eigenvalue weighted by Gasteiger charge is 2.21. The van der Waals surface area contributed by atoms with Crippen molar-refractivity contribution < 1.29 is 0 Å². The summed E-state index contributed by atoms with van der Waals surface area (Å²) in [6.07, 6.45) is 0. The van der Waals surface area contributed by atoms with Crippen molar-refractivity contribution in [3.05, 3.63) is 231 Å². The molecule has 0 spiro atoms. The first-order valence-electron chi connectivity index (χ1n) is 20.8. The van der Waals surface area contributed by atoms with Gasteiger partial charge in [0.25, 0.3) is 0 Å². The molecule has 12 rings (SSSR count). The summed E-state index contributed by atoms with van der Waals surface area (Å²) in [5.74, 6) is 0. The number of anilines is 3. The topological polar surface area (TPSA) is 8.17 Å². The van der Waals surface area contributed by atoms with E-state index in [1.54, 1.807) is 0 Å². The Morgan fingerprint density at radius 1 is 0.328 bits per heavy atom. The van der Waals surface area contributed by atoms with Crippen LogP contribution in [0.3, 0.4) is 0 Å². The smallest absolute Gasteiger partial charge is 0.0546 e. The second kappa shape index (κ2) is 14.5. The van der Waals surface area contributed by atoms with Gasteiger partial charge in [-0.05, 0) is 93.7 Å². The molecule has 0 aliphatic rings. The van der Waals surface area contributed by atoms with Crippen LogP contribution >= 0.6 is 11.3 Å². The standard InChI is InChI=1S/C58H38N2S/c1-2-15-40(16-3-1)48-34-30-44(43-27-26-39-14-4-5-17-42(39)36-43)37-56(48)59(46-33-35-52-51-21-9-13-25-57(51)61-58(52)38-46)45-31-28-41(29-32-45)47-18-6-10-22-53(47)60-54-23-11-7-19-49(54)50-20-8-12-24-55(50)60/h1-38H. The Kier molecular flexibility index (Phi) is 8.39. The van der Waals surface area contributed by atoms with Gasteiger partial charge < -0.3 is 9.47 Å². The number of fused-ring (bicyclic) bond motifs is 7. The normalized spacial score (nSPS) is 11.6. The van der Waals surface area contributed by atoms with Gasteiger partial charge in [-0.15, -0.1) is 11.3 Å². The molecule has 0 unspecified atom stereocenters. The third-order valence-corrected chi connectivity index (χ3v) is 13.3. The van der Waals surface area contributed by atoms with Crippen LogP contribution in [-0.4, -0.2) is 4.57 Å². The monoisotopic (exact) mass is 794 g/mol. The molecule has 0 bridgehead atoms. The Labute approximate surface area is 358 Å². The molecule has 0 saturated carbocycles. The quantitative estimate of drug-likeness (QED) is 0.156. The minimum absolute atomic E-state index is 1.09. The van der Waals surface area contributed by atoms with Crippen molar-refractivity contribution >= 4 is 81.1 Å². The Bertz CT molecular complexity index is 3540. The predicted octanol–water partition coefficient (Wildman–Crippen LogP) is 16.8. The Balaban J connectivity index is 1.06. The van der Waals surface area contributed by atoms with Crippen LogP contribution in [0.25, 0.3) is 91.8 Å². The predicted molar refractivity (Wildman–Crippen MR) is 262 cm³/mol. The molecular formula is C58H38N2S. The van der Waals surface area contributed by atoms with Gasteiger partial charge in [-0.2, -0.15) is 0 Å². The molecule has 0 radical (unpaired) electrons. The zero-order valence-corrected chi connectivity index (χ0v) is 34.1. The average molecular weight is 795 g/mol. The molecule has 61 heavy (non-hydrogen) atoms. The van der Waals surface area contributed by atoms with Crippen LogP contribution in [0.2, 0.25) is 0 Å². The molecule has 2 aromatic heterocycles. The lowest BCUT2D eigenvalue weighted by molar-refractivity contribution is 1.18. The van der Waals surface area contributed by atoms with Gasteiger partial charge >= 0.3 is 0 Å². The van der Waals surface area contributed by atoms with Crippen LogP contribution in [-0.2, 0) is 0 Å². The molecule has 0 aliphatic heterocycles. The number of hydrogen-bond donors (Lipinski definition) is 0. The van der Waals surface area contributed by atoms with Gasteiger partial charge in [0.15, 0.2) is 0 Å². The van der Waals surface area contributed by atoms with Gasteiger partial charge in [0.1, 0.15) is 0 Å². The summed E-state index contributed by atoms with van der Waals surface area (Å²) in [6.45, 7) is 0. The van der Waals surface area contributed by atoms with Crippen LogP contribution in [0.4, 0.5) is 17.1 Å². The van der Waals surface area contributed by atoms with Gasteiger partial charge in [0.2, 0.25) is 0 Å². The molecule has 3 heteroatoms. The van der Waals surface area contributed by atoms with Crippen molar-refractivity contribution in [1.29, 1.82) is 0 Å². The maximum absolute atomic E-state index is 2.46. The van der Waals surface area contributed by atoms with Crippen molar-refractivity contribution in [3.8, 4) is 39.1 Å². The van der Waals surface area contributed by atoms with E-state index in [0.29, 0.717) is 0 Å². The number of hydrogen-bond acceptors (Lipinski definition) is 2. The van der Waals surface area contributed by atoms with Gasteiger partial charge in [0.05, 0.1) is 22.4 Å². The number of para-hydroxylation sites is 3. The zero-order chi connectivity index (χ0) is 40.3. The van der Waals surface area contributed by atoms with Crippen molar-refractivity contribution in [3.63, 3.8) is 0 Å². The minimum Gasteiger partial charge on any atom is -0.310 e. The largest absolute Gasteiger partial charge is 0.310 e. The second-order valence-corrected chi connectivity index (χ2v) is 16.8. The van der Waals surface area contributed by atoms with Crippen LogP contribution < -0.4 is 4.90 Å². The Morgan fingerprint density at radius 3 is 1.70 bits per heavy atom. The van der Waals surface area contributed by atoms with E-state index in [4.69, 9.17) is 0 Å². The van der Waals surface area contributed by atoms with E-state index in [1.165, 1.54) is 80.6 Å². The third kappa shape index (κ3) is 6.01. The first kappa shape index (κ1) is 35.2. The van der Waals surface area contributed by atoms with Crippen LogP contribution in [0.15, 0.2) is 231 Å². The lowest BCUT2D eigenvalue weighted by atomic mass is 9.95. The number of nitrogens with zero attached hydrogens (tertiary/aromatic N) is 2. The Hall–Kier alpha value is -7.72. The molecule has 0 atom stereocenters. The molecule has 10 aromatic carbocycles. The summed E-state index contributed by atoms with van der Waals surface area (Å²) in [7, 11) is 0. The number of aromatic nitrogens is 1. The summed E-state index contributed by atoms with van der Waals surface area (Å²) in [4.78, 5) is 2.46. The molecule has 2 nitrogen and oxygen atoms in total. The van der Waals surface area contributed by atoms with Crippen molar-refractivity contribution in [2.75, 3.05) is 4.90 Å². The molecular weight excluding hydrogens is 757 g/mol. The molecule has 0 aliphatic carbocycles. The summed E-state index contributed by atoms with van der Waals surface area (Å²) in [6, 6.07) is 84.3. The summed E-state index contributed by atoms with van der Waals surface area (Å²) >= 11 is 1.86. The van der Waals surface area contributed by atoms with Gasteiger partial charge in [-0.1, -0.05) is 170 Å². The van der Waals surface area contributed by atoms with Crippen LogP contribution in [0.5, 0.6) is 0 Å². The van der Waals surface area contributed by atoms with Gasteiger partial charge in [-0.3, -0.25) is 0 Å². The number of thiophene rings is 1. The molecule has 12 aromatic rings. The highest BCUT2D eigenvalue weighted by Crippen LogP contribution is 2.46. The summed E-state index contributed by atoms with van der Waals surface area (Å²) in [5.41, 5.74) is 13.9. The number of benzene rings is 10. The van der Waals surface area contributed by atoms with Crippen molar-refractivity contribution in [2.45, 2.75) is 0 Å². The maximum atomic E-state index is 2.46. The SMILES string of the molecule is c1ccc(-c2ccc(-c3ccc4ccccc4c3)cc2N(c2ccc(-c3ccccc3-n3c4ccccc4c4ccccc43)cc2)c2ccc3c(c2)sc2ccccc23)cc1. The van der Waals surface area contributed by atoms with Crippen molar-refractivity contribution in [1.82, 2.24) is 4.57 Å².